The molecule has 21 heavy (non-hydrogen) atoms. The highest BCUT2D eigenvalue weighted by molar-refractivity contribution is 5.78. The predicted molar refractivity (Wildman–Crippen MR) is 78.6 cm³/mol. The van der Waals surface area contributed by atoms with E-state index in [1.807, 2.05) is 18.2 Å². The van der Waals surface area contributed by atoms with Crippen LogP contribution in [0.5, 0.6) is 0 Å². The van der Waals surface area contributed by atoms with Gasteiger partial charge in [-0.2, -0.15) is 0 Å². The molecule has 1 aromatic carbocycles. The maximum atomic E-state index is 11.8. The quantitative estimate of drug-likeness (QED) is 0.804. The van der Waals surface area contributed by atoms with E-state index >= 15 is 0 Å². The second-order valence-corrected chi connectivity index (χ2v) is 4.83. The van der Waals surface area contributed by atoms with E-state index in [1.54, 1.807) is 14.0 Å². The van der Waals surface area contributed by atoms with Crippen LogP contribution in [0.15, 0.2) is 34.7 Å². The van der Waals surface area contributed by atoms with Gasteiger partial charge in [0.25, 0.3) is 0 Å². The van der Waals surface area contributed by atoms with Crippen molar-refractivity contribution in [2.45, 2.75) is 25.8 Å². The normalized spacial score (nSPS) is 12.1. The molecule has 6 heteroatoms. The van der Waals surface area contributed by atoms with Gasteiger partial charge in [0.05, 0.1) is 6.54 Å². The van der Waals surface area contributed by atoms with Crippen LogP contribution in [0.3, 0.4) is 0 Å². The largest absolute Gasteiger partial charge is 0.423 e. The average molecular weight is 288 g/mol. The Kier molecular flexibility index (Phi) is 5.45. The molecule has 0 aliphatic rings. The summed E-state index contributed by atoms with van der Waals surface area (Å²) >= 11 is 0. The molecular weight excluding hydrogens is 268 g/mol. The van der Waals surface area contributed by atoms with E-state index in [1.165, 1.54) is 5.56 Å². The van der Waals surface area contributed by atoms with Crippen molar-refractivity contribution in [1.29, 1.82) is 0 Å². The summed E-state index contributed by atoms with van der Waals surface area (Å²) in [5.41, 5.74) is 1.21. The van der Waals surface area contributed by atoms with Crippen molar-refractivity contribution in [2.24, 2.45) is 0 Å². The Labute approximate surface area is 124 Å². The van der Waals surface area contributed by atoms with E-state index in [4.69, 9.17) is 4.42 Å². The smallest absolute Gasteiger partial charge is 0.238 e. The first-order valence-corrected chi connectivity index (χ1v) is 6.97. The number of benzene rings is 1. The minimum absolute atomic E-state index is 0.0913. The van der Waals surface area contributed by atoms with Gasteiger partial charge >= 0.3 is 0 Å². The number of carbonyl (C=O) groups is 1. The number of rotatable bonds is 7. The third-order valence-electron chi connectivity index (χ3n) is 3.08. The number of hydrogen-bond donors (Lipinski definition) is 2. The van der Waals surface area contributed by atoms with Crippen LogP contribution < -0.4 is 10.6 Å². The Hall–Kier alpha value is -2.21. The van der Waals surface area contributed by atoms with Crippen LogP contribution >= 0.6 is 0 Å². The zero-order valence-electron chi connectivity index (χ0n) is 12.3. The van der Waals surface area contributed by atoms with Crippen LogP contribution in [0.25, 0.3) is 0 Å². The van der Waals surface area contributed by atoms with Gasteiger partial charge < -0.3 is 15.1 Å². The van der Waals surface area contributed by atoms with E-state index in [-0.39, 0.29) is 18.5 Å². The first kappa shape index (κ1) is 15.2. The Morgan fingerprint density at radius 3 is 2.67 bits per heavy atom. The molecule has 1 aromatic heterocycles. The molecule has 1 atom stereocenters. The summed E-state index contributed by atoms with van der Waals surface area (Å²) in [6, 6.07) is 9.84. The molecule has 0 spiro atoms. The highest BCUT2D eigenvalue weighted by atomic mass is 16.4. The van der Waals surface area contributed by atoms with Gasteiger partial charge in [0.2, 0.25) is 17.7 Å². The molecule has 0 fully saturated rings. The zero-order chi connectivity index (χ0) is 15.1. The van der Waals surface area contributed by atoms with Gasteiger partial charge in [-0.25, -0.2) is 0 Å². The molecule has 1 unspecified atom stereocenters. The van der Waals surface area contributed by atoms with Crippen LogP contribution in [0.4, 0.5) is 0 Å². The van der Waals surface area contributed by atoms with Gasteiger partial charge in [0.1, 0.15) is 6.04 Å². The van der Waals surface area contributed by atoms with Crippen molar-refractivity contribution >= 4 is 5.91 Å². The van der Waals surface area contributed by atoms with Crippen molar-refractivity contribution < 1.29 is 9.21 Å². The maximum absolute atomic E-state index is 11.8. The first-order chi connectivity index (χ1) is 10.2. The van der Waals surface area contributed by atoms with Crippen molar-refractivity contribution in [3.63, 3.8) is 0 Å². The highest BCUT2D eigenvalue weighted by Gasteiger charge is 2.20. The van der Waals surface area contributed by atoms with Crippen LogP contribution in [0.2, 0.25) is 0 Å². The summed E-state index contributed by atoms with van der Waals surface area (Å²) in [5.74, 6) is 0.858. The molecule has 2 aromatic rings. The third kappa shape index (κ3) is 4.68. The van der Waals surface area contributed by atoms with Gasteiger partial charge in [0, 0.05) is 6.92 Å². The lowest BCUT2D eigenvalue weighted by molar-refractivity contribution is -0.121. The topological polar surface area (TPSA) is 80.0 Å². The average Bonchev–Trinajstić information content (AvgIpc) is 2.91. The number of aromatic nitrogens is 2. The molecule has 0 saturated carbocycles. The molecule has 0 radical (unpaired) electrons. The maximum Gasteiger partial charge on any atom is 0.238 e. The van der Waals surface area contributed by atoms with Gasteiger partial charge in [-0.15, -0.1) is 10.2 Å². The van der Waals surface area contributed by atoms with Crippen molar-refractivity contribution in [3.8, 4) is 0 Å². The fourth-order valence-electron chi connectivity index (χ4n) is 2.07. The minimum Gasteiger partial charge on any atom is -0.423 e. The van der Waals surface area contributed by atoms with Crippen LogP contribution in [-0.2, 0) is 11.2 Å². The van der Waals surface area contributed by atoms with E-state index in [9.17, 15) is 4.79 Å². The second kappa shape index (κ2) is 7.54. The Morgan fingerprint density at radius 1 is 1.29 bits per heavy atom. The molecule has 2 N–H and O–H groups in total. The number of nitrogens with one attached hydrogen (secondary N) is 2. The summed E-state index contributed by atoms with van der Waals surface area (Å²) in [6.45, 7) is 2.00. The lowest BCUT2D eigenvalue weighted by Crippen LogP contribution is -2.35. The van der Waals surface area contributed by atoms with E-state index in [2.05, 4.69) is 33.0 Å². The summed E-state index contributed by atoms with van der Waals surface area (Å²) in [4.78, 5) is 11.8. The third-order valence-corrected chi connectivity index (χ3v) is 3.08. The van der Waals surface area contributed by atoms with Crippen molar-refractivity contribution in [1.82, 2.24) is 20.8 Å². The van der Waals surface area contributed by atoms with Gasteiger partial charge in [-0.3, -0.25) is 4.79 Å². The molecule has 1 heterocycles. The molecule has 2 rings (SSSR count). The number of likely N-dealkylation sites (N-methyl/N-ethyl adjacent to an activating group) is 1. The van der Waals surface area contributed by atoms with E-state index < -0.39 is 0 Å². The Bertz CT molecular complexity index is 568. The summed E-state index contributed by atoms with van der Waals surface area (Å²) < 4.78 is 5.46. The molecule has 112 valence electrons. The number of amides is 1. The van der Waals surface area contributed by atoms with E-state index in [0.29, 0.717) is 18.2 Å². The van der Waals surface area contributed by atoms with Crippen molar-refractivity contribution in [2.75, 3.05) is 13.6 Å². The summed E-state index contributed by atoms with van der Waals surface area (Å²) in [7, 11) is 1.73. The molecule has 0 aliphatic carbocycles. The van der Waals surface area contributed by atoms with Crippen LogP contribution in [0.1, 0.15) is 29.8 Å². The van der Waals surface area contributed by atoms with E-state index in [0.717, 1.165) is 6.42 Å². The number of carbonyl (C=O) groups excluding carboxylic acids is 1. The molecule has 0 saturated heterocycles. The second-order valence-electron chi connectivity index (χ2n) is 4.83. The highest BCUT2D eigenvalue weighted by Crippen LogP contribution is 2.18. The molecule has 0 bridgehead atoms. The number of aryl methyl sites for hydroxylation is 2. The van der Waals surface area contributed by atoms with Crippen LogP contribution in [-0.4, -0.2) is 29.7 Å². The molecular formula is C15H20N4O2. The zero-order valence-corrected chi connectivity index (χ0v) is 12.3. The number of nitrogens with zero attached hydrogens (tertiary/aromatic N) is 2. The fourth-order valence-corrected chi connectivity index (χ4v) is 2.07. The Morgan fingerprint density at radius 2 is 2.05 bits per heavy atom. The Balaban J connectivity index is 2.03. The van der Waals surface area contributed by atoms with Gasteiger partial charge in [-0.05, 0) is 25.5 Å². The van der Waals surface area contributed by atoms with Crippen LogP contribution in [0, 0.1) is 6.92 Å². The lowest BCUT2D eigenvalue weighted by Gasteiger charge is -2.15. The van der Waals surface area contributed by atoms with Crippen molar-refractivity contribution in [3.05, 3.63) is 47.7 Å². The predicted octanol–water partition coefficient (Wildman–Crippen LogP) is 1.39. The van der Waals surface area contributed by atoms with Gasteiger partial charge in [0.15, 0.2) is 0 Å². The molecule has 0 aliphatic heterocycles. The molecule has 1 amide bonds. The summed E-state index contributed by atoms with van der Waals surface area (Å²) in [6.07, 6.45) is 1.54. The number of hydrogen-bond acceptors (Lipinski definition) is 5. The fraction of sp³-hybridized carbons (Fsp3) is 0.400. The minimum atomic E-state index is -0.271. The first-order valence-electron chi connectivity index (χ1n) is 6.97. The standard InChI is InChI=1S/C15H20N4O2/c1-11-18-19-15(21-11)13(17-14(20)10-16-2)9-8-12-6-4-3-5-7-12/h3-7,13,16H,8-10H2,1-2H3,(H,17,20). The SMILES string of the molecule is CNCC(=O)NC(CCc1ccccc1)c1nnc(C)o1. The monoisotopic (exact) mass is 288 g/mol. The molecule has 6 nitrogen and oxygen atoms in total. The summed E-state index contributed by atoms with van der Waals surface area (Å²) in [5, 5.41) is 13.6. The lowest BCUT2D eigenvalue weighted by atomic mass is 10.1. The van der Waals surface area contributed by atoms with Gasteiger partial charge in [-0.1, -0.05) is 30.3 Å².